The van der Waals surface area contributed by atoms with Gasteiger partial charge in [0.2, 0.25) is 5.91 Å². The first kappa shape index (κ1) is 17.4. The molecule has 1 aromatic heterocycles. The molecule has 1 amide bonds. The summed E-state index contributed by atoms with van der Waals surface area (Å²) in [6.07, 6.45) is 0. The average Bonchev–Trinajstić information content (AvgIpc) is 2.85. The molecule has 2 aromatic rings. The van der Waals surface area contributed by atoms with E-state index in [1.807, 2.05) is 0 Å². The zero-order valence-corrected chi connectivity index (χ0v) is 13.6. The zero-order valence-electron chi connectivity index (χ0n) is 12.8. The number of alkyl halides is 2. The monoisotopic (exact) mass is 341 g/mol. The third kappa shape index (κ3) is 5.65. The Morgan fingerprint density at radius 2 is 2.17 bits per heavy atom. The van der Waals surface area contributed by atoms with Crippen molar-refractivity contribution in [2.75, 3.05) is 18.9 Å². The van der Waals surface area contributed by atoms with Crippen molar-refractivity contribution >= 4 is 23.4 Å². The first-order chi connectivity index (χ1) is 10.9. The van der Waals surface area contributed by atoms with E-state index in [1.165, 1.54) is 0 Å². The fourth-order valence-corrected chi connectivity index (χ4v) is 2.62. The lowest BCUT2D eigenvalue weighted by Crippen LogP contribution is -2.30. The van der Waals surface area contributed by atoms with Crippen LogP contribution in [0, 0.1) is 6.92 Å². The van der Waals surface area contributed by atoms with Crippen LogP contribution < -0.4 is 5.32 Å². The van der Waals surface area contributed by atoms with Gasteiger partial charge in [-0.15, -0.1) is 0 Å². The van der Waals surface area contributed by atoms with Crippen molar-refractivity contribution in [2.24, 2.45) is 0 Å². The summed E-state index contributed by atoms with van der Waals surface area (Å²) in [6, 6.07) is 8.29. The summed E-state index contributed by atoms with van der Waals surface area (Å²) in [6.45, 7) is 2.36. The number of nitrogens with one attached hydrogen (secondary N) is 1. The topological polar surface area (TPSA) is 58.4 Å². The van der Waals surface area contributed by atoms with E-state index in [4.69, 9.17) is 4.52 Å². The first-order valence-electron chi connectivity index (χ1n) is 6.88. The molecule has 0 atom stereocenters. The first-order valence-corrected chi connectivity index (χ1v) is 7.76. The number of likely N-dealkylation sites (N-methyl/N-ethyl adjacent to an activating group) is 1. The minimum atomic E-state index is -2.54. The number of thioether (sulfide) groups is 1. The van der Waals surface area contributed by atoms with Crippen LogP contribution in [-0.4, -0.2) is 35.3 Å². The zero-order chi connectivity index (χ0) is 16.8. The molecule has 2 rings (SSSR count). The number of aromatic nitrogens is 1. The van der Waals surface area contributed by atoms with Gasteiger partial charge < -0.3 is 9.84 Å². The molecule has 0 bridgehead atoms. The Kier molecular flexibility index (Phi) is 6.12. The number of para-hydroxylation sites is 1. The SMILES string of the molecule is Cc1cc(CN(C)CC(=O)Nc2ccccc2SC(F)F)no1. The van der Waals surface area contributed by atoms with E-state index >= 15 is 0 Å². The van der Waals surface area contributed by atoms with Gasteiger partial charge in [-0.1, -0.05) is 29.1 Å². The number of aryl methyl sites for hydroxylation is 1. The number of carbonyl (C=O) groups excluding carboxylic acids is 1. The van der Waals surface area contributed by atoms with Gasteiger partial charge in [-0.3, -0.25) is 9.69 Å². The van der Waals surface area contributed by atoms with Gasteiger partial charge in [0.05, 0.1) is 17.9 Å². The van der Waals surface area contributed by atoms with E-state index in [0.717, 1.165) is 5.69 Å². The second-order valence-corrected chi connectivity index (χ2v) is 6.06. The summed E-state index contributed by atoms with van der Waals surface area (Å²) >= 11 is 0.407. The van der Waals surface area contributed by atoms with Crippen molar-refractivity contribution in [2.45, 2.75) is 24.1 Å². The smallest absolute Gasteiger partial charge is 0.288 e. The van der Waals surface area contributed by atoms with E-state index in [0.29, 0.717) is 34.6 Å². The third-order valence-electron chi connectivity index (χ3n) is 2.90. The van der Waals surface area contributed by atoms with Crippen LogP contribution in [-0.2, 0) is 11.3 Å². The molecule has 1 aromatic carbocycles. The molecule has 1 N–H and O–H groups in total. The number of rotatable bonds is 7. The standard InChI is InChI=1S/C15H17F2N3O2S/c1-10-7-11(19-22-10)8-20(2)9-14(21)18-12-5-3-4-6-13(12)23-15(16)17/h3-7,15H,8-9H2,1-2H3,(H,18,21). The molecule has 0 spiro atoms. The number of halogens is 2. The van der Waals surface area contributed by atoms with Gasteiger partial charge >= 0.3 is 0 Å². The molecule has 1 heterocycles. The molecule has 124 valence electrons. The minimum absolute atomic E-state index is 0.111. The summed E-state index contributed by atoms with van der Waals surface area (Å²) in [5, 5.41) is 6.52. The molecule has 0 saturated heterocycles. The molecule has 0 radical (unpaired) electrons. The third-order valence-corrected chi connectivity index (χ3v) is 3.69. The quantitative estimate of drug-likeness (QED) is 0.783. The lowest BCUT2D eigenvalue weighted by molar-refractivity contribution is -0.117. The van der Waals surface area contributed by atoms with Gasteiger partial charge in [0, 0.05) is 17.5 Å². The molecular formula is C15H17F2N3O2S. The van der Waals surface area contributed by atoms with Crippen LogP contribution in [0.1, 0.15) is 11.5 Å². The van der Waals surface area contributed by atoms with E-state index in [2.05, 4.69) is 10.5 Å². The number of benzene rings is 1. The van der Waals surface area contributed by atoms with E-state index in [-0.39, 0.29) is 12.5 Å². The Morgan fingerprint density at radius 1 is 1.43 bits per heavy atom. The van der Waals surface area contributed by atoms with Crippen LogP contribution in [0.15, 0.2) is 39.8 Å². The largest absolute Gasteiger partial charge is 0.361 e. The average molecular weight is 341 g/mol. The molecular weight excluding hydrogens is 324 g/mol. The lowest BCUT2D eigenvalue weighted by atomic mass is 10.3. The Balaban J connectivity index is 1.91. The van der Waals surface area contributed by atoms with Gasteiger partial charge in [0.25, 0.3) is 5.76 Å². The van der Waals surface area contributed by atoms with Crippen molar-refractivity contribution in [1.82, 2.24) is 10.1 Å². The Morgan fingerprint density at radius 3 is 2.83 bits per heavy atom. The fraction of sp³-hybridized carbons (Fsp3) is 0.333. The molecule has 0 aliphatic carbocycles. The fourth-order valence-electron chi connectivity index (χ4n) is 2.03. The van der Waals surface area contributed by atoms with Crippen molar-refractivity contribution in [3.63, 3.8) is 0 Å². The lowest BCUT2D eigenvalue weighted by Gasteiger charge is -2.16. The van der Waals surface area contributed by atoms with Crippen molar-refractivity contribution in [1.29, 1.82) is 0 Å². The molecule has 8 heteroatoms. The van der Waals surface area contributed by atoms with Crippen LogP contribution in [0.25, 0.3) is 0 Å². The molecule has 0 aliphatic rings. The number of anilines is 1. The van der Waals surface area contributed by atoms with Crippen LogP contribution in [0.5, 0.6) is 0 Å². The second kappa shape index (κ2) is 8.07. The summed E-state index contributed by atoms with van der Waals surface area (Å²) in [7, 11) is 1.77. The molecule has 23 heavy (non-hydrogen) atoms. The van der Waals surface area contributed by atoms with E-state index in [1.54, 1.807) is 49.2 Å². The number of hydrogen-bond acceptors (Lipinski definition) is 5. The maximum atomic E-state index is 12.5. The van der Waals surface area contributed by atoms with Crippen molar-refractivity contribution in [3.05, 3.63) is 41.8 Å². The van der Waals surface area contributed by atoms with Crippen LogP contribution >= 0.6 is 11.8 Å². The summed E-state index contributed by atoms with van der Waals surface area (Å²) in [5.74, 6) is -2.11. The maximum absolute atomic E-state index is 12.5. The second-order valence-electron chi connectivity index (χ2n) is 5.02. The molecule has 0 saturated carbocycles. The van der Waals surface area contributed by atoms with Gasteiger partial charge in [0.1, 0.15) is 5.76 Å². The normalized spacial score (nSPS) is 11.2. The number of amides is 1. The highest BCUT2D eigenvalue weighted by Gasteiger charge is 2.13. The van der Waals surface area contributed by atoms with Gasteiger partial charge in [-0.25, -0.2) is 0 Å². The summed E-state index contributed by atoms with van der Waals surface area (Å²) in [5.41, 5.74) is 1.11. The van der Waals surface area contributed by atoms with Crippen molar-refractivity contribution < 1.29 is 18.1 Å². The van der Waals surface area contributed by atoms with Crippen LogP contribution in [0.3, 0.4) is 0 Å². The van der Waals surface area contributed by atoms with Gasteiger partial charge in [0.15, 0.2) is 0 Å². The van der Waals surface area contributed by atoms with E-state index in [9.17, 15) is 13.6 Å². The maximum Gasteiger partial charge on any atom is 0.288 e. The Bertz CT molecular complexity index is 664. The predicted octanol–water partition coefficient (Wildman–Crippen LogP) is 3.37. The number of hydrogen-bond donors (Lipinski definition) is 1. The minimum Gasteiger partial charge on any atom is -0.361 e. The van der Waals surface area contributed by atoms with Gasteiger partial charge in [-0.2, -0.15) is 8.78 Å². The van der Waals surface area contributed by atoms with E-state index < -0.39 is 5.76 Å². The molecule has 0 unspecified atom stereocenters. The van der Waals surface area contributed by atoms with Gasteiger partial charge in [-0.05, 0) is 26.1 Å². The van der Waals surface area contributed by atoms with Crippen LogP contribution in [0.4, 0.5) is 14.5 Å². The summed E-state index contributed by atoms with van der Waals surface area (Å²) < 4.78 is 30.0. The Labute approximate surface area is 137 Å². The highest BCUT2D eigenvalue weighted by molar-refractivity contribution is 7.99. The Hall–Kier alpha value is -1.93. The number of nitrogens with zero attached hydrogens (tertiary/aromatic N) is 2. The highest BCUT2D eigenvalue weighted by atomic mass is 32.2. The number of carbonyl (C=O) groups is 1. The van der Waals surface area contributed by atoms with Crippen LogP contribution in [0.2, 0.25) is 0 Å². The molecule has 5 nitrogen and oxygen atoms in total. The molecule has 0 aliphatic heterocycles. The predicted molar refractivity (Wildman–Crippen MR) is 84.5 cm³/mol. The van der Waals surface area contributed by atoms with Crippen molar-refractivity contribution in [3.8, 4) is 0 Å². The molecule has 0 fully saturated rings. The summed E-state index contributed by atoms with van der Waals surface area (Å²) in [4.78, 5) is 14.2. The highest BCUT2D eigenvalue weighted by Crippen LogP contribution is 2.31.